The van der Waals surface area contributed by atoms with Crippen molar-refractivity contribution < 1.29 is 14.0 Å². The number of Topliss-reactive ketones (excluding diaryl/α,β-unsaturated/α-hetero) is 1. The minimum Gasteiger partial charge on any atom is -0.311 e. The molecule has 0 unspecified atom stereocenters. The van der Waals surface area contributed by atoms with E-state index in [4.69, 9.17) is 23.2 Å². The number of halogens is 3. The maximum atomic E-state index is 13.1. The highest BCUT2D eigenvalue weighted by molar-refractivity contribution is 6.42. The highest BCUT2D eigenvalue weighted by Gasteiger charge is 2.32. The van der Waals surface area contributed by atoms with Gasteiger partial charge in [0.25, 0.3) is 5.91 Å². The maximum absolute atomic E-state index is 13.1. The number of likely N-dealkylation sites (N-methyl/N-ethyl adjacent to an activating group) is 1. The van der Waals surface area contributed by atoms with Crippen LogP contribution in [0.25, 0.3) is 6.08 Å². The first-order chi connectivity index (χ1) is 15.3. The molecule has 0 spiro atoms. The van der Waals surface area contributed by atoms with Crippen LogP contribution >= 0.6 is 23.2 Å². The first-order valence-electron chi connectivity index (χ1n) is 9.70. The number of hydrogen-bond acceptors (Lipinski definition) is 2. The topological polar surface area (TPSA) is 37.4 Å². The van der Waals surface area contributed by atoms with Crippen molar-refractivity contribution in [3.8, 4) is 11.8 Å². The molecule has 4 rings (SSSR count). The zero-order chi connectivity index (χ0) is 22.8. The van der Waals surface area contributed by atoms with Crippen LogP contribution in [0.4, 0.5) is 10.1 Å². The molecule has 0 radical (unpaired) electrons. The van der Waals surface area contributed by atoms with Gasteiger partial charge < -0.3 is 4.90 Å². The molecule has 32 heavy (non-hydrogen) atoms. The lowest BCUT2D eigenvalue weighted by atomic mass is 9.92. The van der Waals surface area contributed by atoms with Crippen LogP contribution in [0.5, 0.6) is 0 Å². The fraction of sp³-hybridized carbons (Fsp3) is 0.0769. The molecule has 0 aliphatic carbocycles. The number of carbonyl (C=O) groups excluding carboxylic acids is 2. The van der Waals surface area contributed by atoms with Gasteiger partial charge in [0, 0.05) is 24.6 Å². The van der Waals surface area contributed by atoms with Gasteiger partial charge in [-0.3, -0.25) is 9.59 Å². The van der Waals surface area contributed by atoms with E-state index in [2.05, 4.69) is 11.8 Å². The Balaban J connectivity index is 1.65. The number of carbonyl (C=O) groups is 2. The van der Waals surface area contributed by atoms with E-state index in [1.165, 1.54) is 23.1 Å². The molecule has 3 aromatic rings. The van der Waals surface area contributed by atoms with Crippen molar-refractivity contribution in [3.63, 3.8) is 0 Å². The molecule has 0 saturated heterocycles. The molecular weight excluding hydrogens is 448 g/mol. The number of nitrogens with zero attached hydrogens (tertiary/aromatic N) is 1. The van der Waals surface area contributed by atoms with E-state index in [1.54, 1.807) is 55.6 Å². The van der Waals surface area contributed by atoms with Gasteiger partial charge in [-0.2, -0.15) is 0 Å². The van der Waals surface area contributed by atoms with Crippen LogP contribution in [0.15, 0.2) is 66.2 Å². The van der Waals surface area contributed by atoms with Gasteiger partial charge in [0.1, 0.15) is 5.82 Å². The van der Waals surface area contributed by atoms with E-state index in [-0.39, 0.29) is 17.2 Å². The summed E-state index contributed by atoms with van der Waals surface area (Å²) in [5.74, 6) is 5.00. The van der Waals surface area contributed by atoms with Gasteiger partial charge in [0.2, 0.25) is 5.78 Å². The molecule has 158 valence electrons. The van der Waals surface area contributed by atoms with Crippen molar-refractivity contribution in [2.75, 3.05) is 11.9 Å². The monoisotopic (exact) mass is 463 g/mol. The SMILES string of the molecule is CN1C(=O)/C(=C/c2ccc(Cl)c(Cl)c2)C(=O)c2cc(C#CCc3ccc(F)cc3)ccc21. The first kappa shape index (κ1) is 21.8. The standard InChI is InChI=1S/C26H16Cl2FNO2/c1-30-24-12-8-17(4-2-3-16-5-9-19(29)10-6-16)13-20(24)25(31)21(26(30)32)14-18-7-11-22(27)23(28)15-18/h5-15H,3H2,1H3/b21-14+. The summed E-state index contributed by atoms with van der Waals surface area (Å²) in [7, 11) is 1.62. The summed E-state index contributed by atoms with van der Waals surface area (Å²) < 4.78 is 13.0. The molecular formula is C26H16Cl2FNO2. The van der Waals surface area contributed by atoms with Crippen molar-refractivity contribution in [2.24, 2.45) is 0 Å². The molecule has 0 aromatic heterocycles. The Labute approximate surface area is 195 Å². The van der Waals surface area contributed by atoms with Crippen LogP contribution in [0.2, 0.25) is 10.0 Å². The molecule has 6 heteroatoms. The predicted molar refractivity (Wildman–Crippen MR) is 126 cm³/mol. The first-order valence-corrected chi connectivity index (χ1v) is 10.5. The molecule has 1 heterocycles. The van der Waals surface area contributed by atoms with Crippen LogP contribution in [0, 0.1) is 17.7 Å². The van der Waals surface area contributed by atoms with Crippen LogP contribution in [-0.2, 0) is 11.2 Å². The lowest BCUT2D eigenvalue weighted by Gasteiger charge is -2.26. The Hall–Kier alpha value is -3.39. The Morgan fingerprint density at radius 3 is 2.44 bits per heavy atom. The average molecular weight is 464 g/mol. The Morgan fingerprint density at radius 1 is 0.969 bits per heavy atom. The van der Waals surface area contributed by atoms with Crippen molar-refractivity contribution in [2.45, 2.75) is 6.42 Å². The number of benzene rings is 3. The summed E-state index contributed by atoms with van der Waals surface area (Å²) in [4.78, 5) is 27.4. The molecule has 0 N–H and O–H groups in total. The largest absolute Gasteiger partial charge is 0.311 e. The van der Waals surface area contributed by atoms with Gasteiger partial charge in [0.05, 0.1) is 21.3 Å². The van der Waals surface area contributed by atoms with Gasteiger partial charge in [-0.25, -0.2) is 4.39 Å². The number of rotatable bonds is 2. The minimum absolute atomic E-state index is 0.0369. The molecule has 3 nitrogen and oxygen atoms in total. The smallest absolute Gasteiger partial charge is 0.262 e. The lowest BCUT2D eigenvalue weighted by Crippen LogP contribution is -2.36. The van der Waals surface area contributed by atoms with Gasteiger partial charge in [0.15, 0.2) is 0 Å². The molecule has 0 saturated carbocycles. The highest BCUT2D eigenvalue weighted by atomic mass is 35.5. The number of anilines is 1. The predicted octanol–water partition coefficient (Wildman–Crippen LogP) is 5.97. The van der Waals surface area contributed by atoms with Crippen molar-refractivity contribution in [1.29, 1.82) is 0 Å². The number of hydrogen-bond donors (Lipinski definition) is 0. The van der Waals surface area contributed by atoms with Gasteiger partial charge in [-0.05, 0) is 59.7 Å². The van der Waals surface area contributed by atoms with E-state index in [0.717, 1.165) is 5.56 Å². The van der Waals surface area contributed by atoms with Crippen LogP contribution < -0.4 is 4.90 Å². The molecule has 3 aromatic carbocycles. The van der Waals surface area contributed by atoms with Gasteiger partial charge in [-0.1, -0.05) is 53.2 Å². The maximum Gasteiger partial charge on any atom is 0.262 e. The van der Waals surface area contributed by atoms with Crippen LogP contribution in [0.3, 0.4) is 0 Å². The third-order valence-corrected chi connectivity index (χ3v) is 5.81. The summed E-state index contributed by atoms with van der Waals surface area (Å²) in [5, 5.41) is 0.727. The van der Waals surface area contributed by atoms with Gasteiger partial charge >= 0.3 is 0 Å². The Bertz CT molecular complexity index is 1330. The molecule has 1 aliphatic heterocycles. The second-order valence-corrected chi connectivity index (χ2v) is 8.08. The summed E-state index contributed by atoms with van der Waals surface area (Å²) in [6.45, 7) is 0. The third-order valence-electron chi connectivity index (χ3n) is 5.08. The second kappa shape index (κ2) is 9.00. The van der Waals surface area contributed by atoms with E-state index in [1.807, 2.05) is 0 Å². The number of amides is 1. The molecule has 1 aliphatic rings. The zero-order valence-corrected chi connectivity index (χ0v) is 18.5. The molecule has 0 atom stereocenters. The van der Waals surface area contributed by atoms with E-state index >= 15 is 0 Å². The van der Waals surface area contributed by atoms with Crippen molar-refractivity contribution >= 4 is 46.7 Å². The summed E-state index contributed by atoms with van der Waals surface area (Å²) in [6.07, 6.45) is 1.96. The quantitative estimate of drug-likeness (QED) is 0.266. The fourth-order valence-corrected chi connectivity index (χ4v) is 3.67. The lowest BCUT2D eigenvalue weighted by molar-refractivity contribution is -0.114. The Kier molecular flexibility index (Phi) is 6.14. The van der Waals surface area contributed by atoms with Crippen LogP contribution in [-0.4, -0.2) is 18.7 Å². The van der Waals surface area contributed by atoms with Crippen LogP contribution in [0.1, 0.15) is 27.0 Å². The molecule has 1 amide bonds. The van der Waals surface area contributed by atoms with E-state index in [9.17, 15) is 14.0 Å². The third kappa shape index (κ3) is 4.45. The van der Waals surface area contributed by atoms with Crippen molar-refractivity contribution in [3.05, 3.63) is 104 Å². The Morgan fingerprint density at radius 2 is 1.72 bits per heavy atom. The number of ketones is 1. The van der Waals surface area contributed by atoms with E-state index < -0.39 is 5.91 Å². The summed E-state index contributed by atoms with van der Waals surface area (Å²) in [5.41, 5.74) is 3.10. The summed E-state index contributed by atoms with van der Waals surface area (Å²) >= 11 is 12.0. The highest BCUT2D eigenvalue weighted by Crippen LogP contribution is 2.32. The zero-order valence-electron chi connectivity index (χ0n) is 17.0. The normalized spacial score (nSPS) is 14.2. The fourth-order valence-electron chi connectivity index (χ4n) is 3.37. The molecule has 0 bridgehead atoms. The molecule has 0 fully saturated rings. The average Bonchev–Trinajstić information content (AvgIpc) is 2.79. The second-order valence-electron chi connectivity index (χ2n) is 7.26. The van der Waals surface area contributed by atoms with E-state index in [0.29, 0.717) is 38.8 Å². The summed E-state index contributed by atoms with van der Waals surface area (Å²) in [6, 6.07) is 16.2. The van der Waals surface area contributed by atoms with Gasteiger partial charge in [-0.15, -0.1) is 0 Å². The van der Waals surface area contributed by atoms with Crippen molar-refractivity contribution in [1.82, 2.24) is 0 Å². The minimum atomic E-state index is -0.399. The number of fused-ring (bicyclic) bond motifs is 1.